The molecule has 4 amide bonds. The highest BCUT2D eigenvalue weighted by molar-refractivity contribution is 6.13. The summed E-state index contributed by atoms with van der Waals surface area (Å²) in [5, 5.41) is 2.42. The average Bonchev–Trinajstić information content (AvgIpc) is 2.45. The Labute approximate surface area is 112 Å². The molecule has 0 unspecified atom stereocenters. The SMILES string of the molecule is CCN(CC=O)C(=O)N(C(=O)NC)c1ccccc1. The predicted molar refractivity (Wildman–Crippen MR) is 72.1 cm³/mol. The summed E-state index contributed by atoms with van der Waals surface area (Å²) in [6.45, 7) is 2.04. The van der Waals surface area contributed by atoms with Gasteiger partial charge in [-0.2, -0.15) is 0 Å². The minimum Gasteiger partial charge on any atom is -0.340 e. The van der Waals surface area contributed by atoms with E-state index >= 15 is 0 Å². The van der Waals surface area contributed by atoms with E-state index in [1.54, 1.807) is 37.3 Å². The number of urea groups is 2. The summed E-state index contributed by atoms with van der Waals surface area (Å²) < 4.78 is 0. The summed E-state index contributed by atoms with van der Waals surface area (Å²) in [7, 11) is 1.45. The summed E-state index contributed by atoms with van der Waals surface area (Å²) in [6, 6.07) is 7.49. The lowest BCUT2D eigenvalue weighted by Crippen LogP contribution is -2.50. The monoisotopic (exact) mass is 263 g/mol. The van der Waals surface area contributed by atoms with Crippen LogP contribution in [0.25, 0.3) is 0 Å². The molecule has 0 spiro atoms. The lowest BCUT2D eigenvalue weighted by atomic mass is 10.3. The molecule has 1 rings (SSSR count). The van der Waals surface area contributed by atoms with Crippen molar-refractivity contribution < 1.29 is 14.4 Å². The second-order valence-corrected chi connectivity index (χ2v) is 3.71. The van der Waals surface area contributed by atoms with Crippen LogP contribution >= 0.6 is 0 Å². The van der Waals surface area contributed by atoms with Gasteiger partial charge in [-0.1, -0.05) is 18.2 Å². The summed E-state index contributed by atoms with van der Waals surface area (Å²) in [5.74, 6) is 0. The maximum absolute atomic E-state index is 12.3. The Balaban J connectivity index is 3.07. The summed E-state index contributed by atoms with van der Waals surface area (Å²) >= 11 is 0. The number of aldehydes is 1. The van der Waals surface area contributed by atoms with E-state index in [1.165, 1.54) is 11.9 Å². The van der Waals surface area contributed by atoms with Crippen LogP contribution in [0.2, 0.25) is 0 Å². The van der Waals surface area contributed by atoms with Gasteiger partial charge >= 0.3 is 12.1 Å². The number of nitrogens with one attached hydrogen (secondary N) is 1. The highest BCUT2D eigenvalue weighted by Crippen LogP contribution is 2.15. The summed E-state index contributed by atoms with van der Waals surface area (Å²) in [4.78, 5) is 37.0. The first kappa shape index (κ1) is 14.7. The van der Waals surface area contributed by atoms with Crippen LogP contribution < -0.4 is 10.2 Å². The highest BCUT2D eigenvalue weighted by Gasteiger charge is 2.26. The van der Waals surface area contributed by atoms with Gasteiger partial charge in [0.1, 0.15) is 6.29 Å². The summed E-state index contributed by atoms with van der Waals surface area (Å²) in [6.07, 6.45) is 0.633. The Hall–Kier alpha value is -2.37. The number of hydrogen-bond donors (Lipinski definition) is 1. The lowest BCUT2D eigenvalue weighted by Gasteiger charge is -2.27. The van der Waals surface area contributed by atoms with Crippen LogP contribution in [0.1, 0.15) is 6.92 Å². The average molecular weight is 263 g/mol. The highest BCUT2D eigenvalue weighted by atomic mass is 16.2. The molecule has 0 bridgehead atoms. The molecule has 0 saturated heterocycles. The zero-order valence-corrected chi connectivity index (χ0v) is 11.0. The second-order valence-electron chi connectivity index (χ2n) is 3.71. The van der Waals surface area contributed by atoms with Crippen LogP contribution in [0, 0.1) is 0 Å². The van der Waals surface area contributed by atoms with Gasteiger partial charge in [-0.15, -0.1) is 0 Å². The fraction of sp³-hybridized carbons (Fsp3) is 0.308. The Bertz CT molecular complexity index is 448. The number of imide groups is 1. The molecule has 1 N–H and O–H groups in total. The van der Waals surface area contributed by atoms with Crippen LogP contribution in [0.3, 0.4) is 0 Å². The third-order valence-electron chi connectivity index (χ3n) is 2.57. The molecule has 6 nitrogen and oxygen atoms in total. The molecule has 0 aromatic heterocycles. The van der Waals surface area contributed by atoms with Crippen molar-refractivity contribution >= 4 is 24.0 Å². The fourth-order valence-corrected chi connectivity index (χ4v) is 1.58. The van der Waals surface area contributed by atoms with E-state index in [9.17, 15) is 14.4 Å². The Morgan fingerprint density at radius 1 is 1.26 bits per heavy atom. The van der Waals surface area contributed by atoms with Crippen molar-refractivity contribution in [3.8, 4) is 0 Å². The number of likely N-dealkylation sites (N-methyl/N-ethyl adjacent to an activating group) is 1. The Kier molecular flexibility index (Phi) is 5.53. The van der Waals surface area contributed by atoms with Crippen LogP contribution in [-0.2, 0) is 4.79 Å². The number of amides is 4. The van der Waals surface area contributed by atoms with Crippen LogP contribution in [-0.4, -0.2) is 43.4 Å². The molecule has 6 heteroatoms. The van der Waals surface area contributed by atoms with E-state index in [-0.39, 0.29) is 6.54 Å². The number of hydrogen-bond acceptors (Lipinski definition) is 3. The Morgan fingerprint density at radius 2 is 1.89 bits per heavy atom. The molecule has 0 atom stereocenters. The van der Waals surface area contributed by atoms with Gasteiger partial charge in [-0.3, -0.25) is 0 Å². The number of benzene rings is 1. The van der Waals surface area contributed by atoms with Gasteiger partial charge in [0.05, 0.1) is 12.2 Å². The van der Waals surface area contributed by atoms with Crippen molar-refractivity contribution in [3.63, 3.8) is 0 Å². The fourth-order valence-electron chi connectivity index (χ4n) is 1.58. The van der Waals surface area contributed by atoms with Crippen molar-refractivity contribution in [2.75, 3.05) is 25.0 Å². The maximum atomic E-state index is 12.3. The predicted octanol–water partition coefficient (Wildman–Crippen LogP) is 1.47. The Morgan fingerprint density at radius 3 is 2.37 bits per heavy atom. The van der Waals surface area contributed by atoms with Crippen LogP contribution in [0.4, 0.5) is 15.3 Å². The maximum Gasteiger partial charge on any atom is 0.333 e. The molecule has 0 heterocycles. The second kappa shape index (κ2) is 7.15. The van der Waals surface area contributed by atoms with Gasteiger partial charge in [0.2, 0.25) is 0 Å². The molecule has 102 valence electrons. The molecule has 0 fully saturated rings. The minimum atomic E-state index is -0.541. The zero-order valence-electron chi connectivity index (χ0n) is 11.0. The van der Waals surface area contributed by atoms with Gasteiger partial charge in [-0.05, 0) is 19.1 Å². The number of carbonyl (C=O) groups is 3. The van der Waals surface area contributed by atoms with E-state index in [0.717, 1.165) is 4.90 Å². The lowest BCUT2D eigenvalue weighted by molar-refractivity contribution is -0.108. The molecule has 0 radical (unpaired) electrons. The normalized spacial score (nSPS) is 9.58. The van der Waals surface area contributed by atoms with E-state index < -0.39 is 12.1 Å². The van der Waals surface area contributed by atoms with Gasteiger partial charge in [0.15, 0.2) is 0 Å². The third kappa shape index (κ3) is 3.54. The van der Waals surface area contributed by atoms with Gasteiger partial charge in [-0.25, -0.2) is 14.5 Å². The number of anilines is 1. The topological polar surface area (TPSA) is 69.7 Å². The van der Waals surface area contributed by atoms with E-state index in [4.69, 9.17) is 0 Å². The zero-order chi connectivity index (χ0) is 14.3. The molecule has 1 aromatic rings. The van der Waals surface area contributed by atoms with Crippen LogP contribution in [0.5, 0.6) is 0 Å². The first-order valence-electron chi connectivity index (χ1n) is 5.95. The van der Waals surface area contributed by atoms with Crippen molar-refractivity contribution in [1.29, 1.82) is 0 Å². The molecular formula is C13H17N3O3. The number of nitrogens with zero attached hydrogens (tertiary/aromatic N) is 2. The molecule has 1 aromatic carbocycles. The molecular weight excluding hydrogens is 246 g/mol. The van der Waals surface area contributed by atoms with E-state index in [1.807, 2.05) is 0 Å². The van der Waals surface area contributed by atoms with Crippen molar-refractivity contribution in [2.45, 2.75) is 6.92 Å². The number of carbonyl (C=O) groups excluding carboxylic acids is 3. The van der Waals surface area contributed by atoms with Crippen molar-refractivity contribution in [3.05, 3.63) is 30.3 Å². The standard InChI is InChI=1S/C13H17N3O3/c1-3-15(9-10-17)13(19)16(12(18)14-2)11-7-5-4-6-8-11/h4-8,10H,3,9H2,1-2H3,(H,14,18). The van der Waals surface area contributed by atoms with Crippen molar-refractivity contribution in [1.82, 2.24) is 10.2 Å². The first-order valence-corrected chi connectivity index (χ1v) is 5.95. The third-order valence-corrected chi connectivity index (χ3v) is 2.57. The molecule has 0 saturated carbocycles. The molecule has 0 aliphatic heterocycles. The largest absolute Gasteiger partial charge is 0.340 e. The van der Waals surface area contributed by atoms with E-state index in [0.29, 0.717) is 18.5 Å². The molecule has 0 aliphatic carbocycles. The van der Waals surface area contributed by atoms with Gasteiger partial charge in [0.25, 0.3) is 0 Å². The molecule has 0 aliphatic rings. The van der Waals surface area contributed by atoms with Gasteiger partial charge < -0.3 is 15.0 Å². The van der Waals surface area contributed by atoms with Crippen molar-refractivity contribution in [2.24, 2.45) is 0 Å². The molecule has 19 heavy (non-hydrogen) atoms. The van der Waals surface area contributed by atoms with Gasteiger partial charge in [0, 0.05) is 13.6 Å². The quantitative estimate of drug-likeness (QED) is 0.836. The number of para-hydroxylation sites is 1. The summed E-state index contributed by atoms with van der Waals surface area (Å²) in [5.41, 5.74) is 0.455. The van der Waals surface area contributed by atoms with Crippen LogP contribution in [0.15, 0.2) is 30.3 Å². The van der Waals surface area contributed by atoms with E-state index in [2.05, 4.69) is 5.32 Å². The number of rotatable bonds is 4. The smallest absolute Gasteiger partial charge is 0.333 e. The first-order chi connectivity index (χ1) is 9.15. The minimum absolute atomic E-state index is 0.0460.